The van der Waals surface area contributed by atoms with Gasteiger partial charge >= 0.3 is 6.18 Å². The summed E-state index contributed by atoms with van der Waals surface area (Å²) >= 11 is 0. The van der Waals surface area contributed by atoms with E-state index in [0.717, 1.165) is 18.2 Å². The molecule has 1 aliphatic heterocycles. The number of carbonyl (C=O) groups excluding carboxylic acids is 1. The van der Waals surface area contributed by atoms with Crippen LogP contribution in [0, 0.1) is 5.82 Å². The zero-order chi connectivity index (χ0) is 18.2. The predicted molar refractivity (Wildman–Crippen MR) is 82.8 cm³/mol. The average Bonchev–Trinajstić information content (AvgIpc) is 3.01. The fourth-order valence-corrected chi connectivity index (χ4v) is 2.75. The van der Waals surface area contributed by atoms with E-state index in [1.54, 1.807) is 10.7 Å². The molecule has 25 heavy (non-hydrogen) atoms. The van der Waals surface area contributed by atoms with Crippen molar-refractivity contribution < 1.29 is 22.4 Å². The van der Waals surface area contributed by atoms with Crippen molar-refractivity contribution in [3.05, 3.63) is 54.5 Å². The summed E-state index contributed by atoms with van der Waals surface area (Å²) in [5, 5.41) is 6.79. The van der Waals surface area contributed by atoms with Crippen LogP contribution in [0.4, 0.5) is 29.1 Å². The van der Waals surface area contributed by atoms with E-state index in [1.165, 1.54) is 11.1 Å². The Morgan fingerprint density at radius 1 is 1.32 bits per heavy atom. The van der Waals surface area contributed by atoms with Crippen LogP contribution in [-0.4, -0.2) is 28.3 Å². The first-order valence-corrected chi connectivity index (χ1v) is 7.38. The zero-order valence-corrected chi connectivity index (χ0v) is 12.9. The predicted octanol–water partition coefficient (Wildman–Crippen LogP) is 2.86. The van der Waals surface area contributed by atoms with E-state index < -0.39 is 29.5 Å². The molecule has 1 unspecified atom stereocenters. The summed E-state index contributed by atoms with van der Waals surface area (Å²) < 4.78 is 54.1. The van der Waals surface area contributed by atoms with Crippen LogP contribution in [0.1, 0.15) is 5.56 Å². The number of halogens is 4. The number of nitrogens with zero attached hydrogens (tertiary/aromatic N) is 3. The van der Waals surface area contributed by atoms with Gasteiger partial charge < -0.3 is 10.2 Å². The monoisotopic (exact) mass is 354 g/mol. The standard InChI is InChI=1S/C16H14F4N4O/c1-2-14(25)22-11-8-23(15-5-6-21-24(15)9-11)13-4-3-10(7-12(13)17)16(18,19)20/h2-7,11H,1,8-9H2,(H,22,25). The second kappa shape index (κ2) is 6.23. The molecule has 2 heterocycles. The summed E-state index contributed by atoms with van der Waals surface area (Å²) in [5.74, 6) is -0.866. The Morgan fingerprint density at radius 3 is 2.72 bits per heavy atom. The maximum Gasteiger partial charge on any atom is 0.416 e. The molecular weight excluding hydrogens is 340 g/mol. The van der Waals surface area contributed by atoms with Gasteiger partial charge in [0.05, 0.1) is 30.0 Å². The topological polar surface area (TPSA) is 50.2 Å². The van der Waals surface area contributed by atoms with Crippen molar-refractivity contribution in [1.29, 1.82) is 0 Å². The maximum absolute atomic E-state index is 14.3. The molecule has 1 aromatic heterocycles. The van der Waals surface area contributed by atoms with Crippen molar-refractivity contribution in [2.24, 2.45) is 0 Å². The molecule has 0 radical (unpaired) electrons. The minimum atomic E-state index is -4.62. The van der Waals surface area contributed by atoms with Crippen LogP contribution in [0.25, 0.3) is 0 Å². The van der Waals surface area contributed by atoms with Gasteiger partial charge in [-0.3, -0.25) is 4.79 Å². The second-order valence-corrected chi connectivity index (χ2v) is 5.56. The number of alkyl halides is 3. The first-order chi connectivity index (χ1) is 11.8. The number of anilines is 2. The molecule has 9 heteroatoms. The van der Waals surface area contributed by atoms with Crippen LogP contribution >= 0.6 is 0 Å². The van der Waals surface area contributed by atoms with Crippen LogP contribution in [-0.2, 0) is 17.5 Å². The molecule has 3 rings (SSSR count). The third kappa shape index (κ3) is 3.35. The smallest absolute Gasteiger partial charge is 0.346 e. The van der Waals surface area contributed by atoms with Gasteiger partial charge in [0.25, 0.3) is 0 Å². The van der Waals surface area contributed by atoms with E-state index in [0.29, 0.717) is 18.4 Å². The molecule has 0 bridgehead atoms. The summed E-state index contributed by atoms with van der Waals surface area (Å²) in [6.45, 7) is 3.92. The number of rotatable bonds is 3. The van der Waals surface area contributed by atoms with E-state index in [-0.39, 0.29) is 12.2 Å². The Labute approximate surface area is 140 Å². The van der Waals surface area contributed by atoms with E-state index >= 15 is 0 Å². The Bertz CT molecular complexity index is 815. The summed E-state index contributed by atoms with van der Waals surface area (Å²) in [4.78, 5) is 13.0. The lowest BCUT2D eigenvalue weighted by Gasteiger charge is -2.35. The molecule has 5 nitrogen and oxygen atoms in total. The minimum absolute atomic E-state index is 0.0210. The van der Waals surface area contributed by atoms with Crippen molar-refractivity contribution in [2.45, 2.75) is 18.8 Å². The number of nitrogens with one attached hydrogen (secondary N) is 1. The number of aromatic nitrogens is 2. The van der Waals surface area contributed by atoms with Crippen LogP contribution in [0.3, 0.4) is 0 Å². The third-order valence-corrected chi connectivity index (χ3v) is 3.86. The molecule has 0 saturated heterocycles. The van der Waals surface area contributed by atoms with Gasteiger partial charge in [0.15, 0.2) is 0 Å². The van der Waals surface area contributed by atoms with Crippen molar-refractivity contribution in [2.75, 3.05) is 11.4 Å². The number of fused-ring (bicyclic) bond motifs is 1. The molecule has 1 atom stereocenters. The molecule has 0 saturated carbocycles. The molecule has 1 aromatic carbocycles. The number of carbonyl (C=O) groups is 1. The third-order valence-electron chi connectivity index (χ3n) is 3.86. The highest BCUT2D eigenvalue weighted by atomic mass is 19.4. The van der Waals surface area contributed by atoms with Crippen molar-refractivity contribution in [1.82, 2.24) is 15.1 Å². The highest BCUT2D eigenvalue weighted by Gasteiger charge is 2.33. The lowest BCUT2D eigenvalue weighted by molar-refractivity contribution is -0.137. The van der Waals surface area contributed by atoms with Gasteiger partial charge in [-0.25, -0.2) is 9.07 Å². The van der Waals surface area contributed by atoms with E-state index in [9.17, 15) is 22.4 Å². The quantitative estimate of drug-likeness (QED) is 0.681. The highest BCUT2D eigenvalue weighted by Crippen LogP contribution is 2.35. The molecule has 1 N–H and O–H groups in total. The van der Waals surface area contributed by atoms with Gasteiger partial charge in [-0.1, -0.05) is 6.58 Å². The van der Waals surface area contributed by atoms with Gasteiger partial charge in [0, 0.05) is 12.6 Å². The Kier molecular flexibility index (Phi) is 4.23. The maximum atomic E-state index is 14.3. The summed E-state index contributed by atoms with van der Waals surface area (Å²) in [7, 11) is 0. The summed E-state index contributed by atoms with van der Waals surface area (Å²) in [6, 6.07) is 3.59. The molecule has 1 amide bonds. The summed E-state index contributed by atoms with van der Waals surface area (Å²) in [5.41, 5.74) is -1.08. The number of hydrogen-bond acceptors (Lipinski definition) is 3. The SMILES string of the molecule is C=CC(=O)NC1CN(c2ccc(C(F)(F)F)cc2F)c2ccnn2C1. The van der Waals surface area contributed by atoms with E-state index in [1.807, 2.05) is 0 Å². The minimum Gasteiger partial charge on any atom is -0.346 e. The Morgan fingerprint density at radius 2 is 2.08 bits per heavy atom. The first kappa shape index (κ1) is 17.0. The molecule has 0 spiro atoms. The fourth-order valence-electron chi connectivity index (χ4n) is 2.75. The molecular formula is C16H14F4N4O. The number of amides is 1. The number of hydrogen-bond donors (Lipinski definition) is 1. The molecule has 132 valence electrons. The second-order valence-electron chi connectivity index (χ2n) is 5.56. The highest BCUT2D eigenvalue weighted by molar-refractivity contribution is 5.87. The van der Waals surface area contributed by atoms with E-state index in [4.69, 9.17) is 0 Å². The van der Waals surface area contributed by atoms with Crippen LogP contribution in [0.2, 0.25) is 0 Å². The summed E-state index contributed by atoms with van der Waals surface area (Å²) in [6.07, 6.45) is -2.01. The van der Waals surface area contributed by atoms with Crippen molar-refractivity contribution >= 4 is 17.4 Å². The van der Waals surface area contributed by atoms with Crippen molar-refractivity contribution in [3.63, 3.8) is 0 Å². The van der Waals surface area contributed by atoms with Crippen LogP contribution < -0.4 is 10.2 Å². The van der Waals surface area contributed by atoms with Crippen LogP contribution in [0.5, 0.6) is 0 Å². The van der Waals surface area contributed by atoms with Gasteiger partial charge in [0.2, 0.25) is 5.91 Å². The van der Waals surface area contributed by atoms with Gasteiger partial charge in [-0.15, -0.1) is 0 Å². The zero-order valence-electron chi connectivity index (χ0n) is 12.9. The first-order valence-electron chi connectivity index (χ1n) is 7.38. The Hall–Kier alpha value is -2.84. The lowest BCUT2D eigenvalue weighted by atomic mass is 10.1. The molecule has 0 fully saturated rings. The van der Waals surface area contributed by atoms with E-state index in [2.05, 4.69) is 17.0 Å². The number of benzene rings is 1. The van der Waals surface area contributed by atoms with Crippen LogP contribution in [0.15, 0.2) is 43.1 Å². The van der Waals surface area contributed by atoms with Gasteiger partial charge in [-0.05, 0) is 24.3 Å². The Balaban J connectivity index is 1.95. The molecule has 2 aromatic rings. The van der Waals surface area contributed by atoms with Gasteiger partial charge in [-0.2, -0.15) is 18.3 Å². The van der Waals surface area contributed by atoms with Crippen molar-refractivity contribution in [3.8, 4) is 0 Å². The molecule has 1 aliphatic rings. The normalized spacial score (nSPS) is 17.1. The molecule has 0 aliphatic carbocycles. The largest absolute Gasteiger partial charge is 0.416 e. The fraction of sp³-hybridized carbons (Fsp3) is 0.250. The van der Waals surface area contributed by atoms with Gasteiger partial charge in [0.1, 0.15) is 11.6 Å². The average molecular weight is 354 g/mol. The lowest BCUT2D eigenvalue weighted by Crippen LogP contribution is -2.48.